The van der Waals surface area contributed by atoms with Crippen molar-refractivity contribution in [2.45, 2.75) is 69.9 Å². The lowest BCUT2D eigenvalue weighted by Gasteiger charge is -2.27. The number of rotatable bonds is 8. The Morgan fingerprint density at radius 3 is 2.12 bits per heavy atom. The van der Waals surface area contributed by atoms with E-state index in [9.17, 15) is 27.6 Å². The van der Waals surface area contributed by atoms with E-state index in [4.69, 9.17) is 9.47 Å². The third kappa shape index (κ3) is 8.72. The molecule has 1 heterocycles. The van der Waals surface area contributed by atoms with E-state index in [-0.39, 0.29) is 6.54 Å². The van der Waals surface area contributed by atoms with Gasteiger partial charge in [0.15, 0.2) is 9.84 Å². The van der Waals surface area contributed by atoms with Crippen molar-refractivity contribution in [3.8, 4) is 11.5 Å². The molecule has 3 aromatic carbocycles. The second kappa shape index (κ2) is 14.0. The van der Waals surface area contributed by atoms with Crippen LogP contribution in [0.4, 0.5) is 23.7 Å². The fourth-order valence-corrected chi connectivity index (χ4v) is 5.10. The summed E-state index contributed by atoms with van der Waals surface area (Å²) in [6, 6.07) is 14.5. The lowest BCUT2D eigenvalue weighted by molar-refractivity contribution is -0.124. The van der Waals surface area contributed by atoms with Crippen LogP contribution in [0, 0.1) is 5.82 Å². The maximum atomic E-state index is 15.9. The van der Waals surface area contributed by atoms with Gasteiger partial charge in [0.1, 0.15) is 33.7 Å². The van der Waals surface area contributed by atoms with E-state index in [0.29, 0.717) is 23.1 Å². The van der Waals surface area contributed by atoms with E-state index < -0.39 is 85.0 Å². The van der Waals surface area contributed by atoms with Crippen LogP contribution < -0.4 is 25.8 Å². The standard InChI is InChI=1S/C34H37F3N4O8S/c1-32(2,3)49-31(45)38-26-18-34(36,37)24-17-25(35)23(28(42)39-40-30(44)33(4,5)50(6,46)47)16-27(24)41(29(26)43)19-20-12-14-22(15-13-20)48-21-10-8-7-9-11-21/h7-17,26H,18-19H2,1-6H3,(H,38,45)(H,39,42)(H,40,44). The first-order chi connectivity index (χ1) is 23.1. The molecule has 4 rings (SSSR count). The minimum atomic E-state index is -3.95. The minimum absolute atomic E-state index is 0.369. The molecule has 16 heteroatoms. The number of alkyl carbamates (subject to hydrolysis) is 1. The molecule has 50 heavy (non-hydrogen) atoms. The first-order valence-electron chi connectivity index (χ1n) is 15.2. The second-order valence-corrected chi connectivity index (χ2v) is 15.7. The number of alkyl halides is 2. The number of ether oxygens (including phenoxy) is 2. The van der Waals surface area contributed by atoms with Crippen molar-refractivity contribution < 1.29 is 50.2 Å². The van der Waals surface area contributed by atoms with Crippen LogP contribution in [0.5, 0.6) is 11.5 Å². The second-order valence-electron chi connectivity index (χ2n) is 13.1. The summed E-state index contributed by atoms with van der Waals surface area (Å²) in [7, 11) is -3.95. The number of benzene rings is 3. The summed E-state index contributed by atoms with van der Waals surface area (Å²) in [6.45, 7) is 6.43. The van der Waals surface area contributed by atoms with Crippen LogP contribution in [0.25, 0.3) is 0 Å². The number of nitrogens with one attached hydrogen (secondary N) is 3. The van der Waals surface area contributed by atoms with Crippen LogP contribution in [0.15, 0.2) is 66.7 Å². The Morgan fingerprint density at radius 2 is 1.54 bits per heavy atom. The van der Waals surface area contributed by atoms with Crippen LogP contribution in [0.1, 0.15) is 62.5 Å². The van der Waals surface area contributed by atoms with Crippen molar-refractivity contribution in [1.82, 2.24) is 16.2 Å². The van der Waals surface area contributed by atoms with Crippen molar-refractivity contribution in [2.75, 3.05) is 11.2 Å². The molecular formula is C34H37F3N4O8S. The molecule has 0 spiro atoms. The minimum Gasteiger partial charge on any atom is -0.457 e. The molecule has 268 valence electrons. The highest BCUT2D eigenvalue weighted by atomic mass is 32.2. The molecule has 0 bridgehead atoms. The van der Waals surface area contributed by atoms with E-state index >= 15 is 13.2 Å². The molecule has 0 aliphatic carbocycles. The summed E-state index contributed by atoms with van der Waals surface area (Å²) in [4.78, 5) is 53.1. The lowest BCUT2D eigenvalue weighted by atomic mass is 9.99. The Bertz CT molecular complexity index is 1900. The quantitative estimate of drug-likeness (QED) is 0.271. The topological polar surface area (TPSA) is 160 Å². The van der Waals surface area contributed by atoms with Crippen LogP contribution in [0.2, 0.25) is 0 Å². The number of sulfone groups is 1. The highest BCUT2D eigenvalue weighted by Gasteiger charge is 2.47. The molecule has 12 nitrogen and oxygen atoms in total. The van der Waals surface area contributed by atoms with Crippen molar-refractivity contribution >= 4 is 39.3 Å². The van der Waals surface area contributed by atoms with E-state index in [1.165, 1.54) is 0 Å². The van der Waals surface area contributed by atoms with Crippen LogP contribution in [-0.2, 0) is 36.6 Å². The third-order valence-electron chi connectivity index (χ3n) is 7.74. The number of hydrazine groups is 1. The first-order valence-corrected chi connectivity index (χ1v) is 17.1. The van der Waals surface area contributed by atoms with E-state index in [1.54, 1.807) is 69.3 Å². The van der Waals surface area contributed by atoms with Gasteiger partial charge in [0.05, 0.1) is 17.8 Å². The summed E-state index contributed by atoms with van der Waals surface area (Å²) >= 11 is 0. The highest BCUT2D eigenvalue weighted by molar-refractivity contribution is 7.92. The van der Waals surface area contributed by atoms with Gasteiger partial charge in [0.25, 0.3) is 17.7 Å². The Labute approximate surface area is 287 Å². The van der Waals surface area contributed by atoms with E-state index in [1.807, 2.05) is 16.9 Å². The molecule has 1 aliphatic rings. The molecule has 0 saturated carbocycles. The largest absolute Gasteiger partial charge is 0.457 e. The monoisotopic (exact) mass is 718 g/mol. The van der Waals surface area contributed by atoms with Crippen molar-refractivity contribution in [3.63, 3.8) is 0 Å². The average molecular weight is 719 g/mol. The zero-order valence-corrected chi connectivity index (χ0v) is 28.9. The molecule has 1 unspecified atom stereocenters. The van der Waals surface area contributed by atoms with Crippen molar-refractivity contribution in [3.05, 3.63) is 89.2 Å². The summed E-state index contributed by atoms with van der Waals surface area (Å²) in [5.41, 5.74) is 0.854. The third-order valence-corrected chi connectivity index (χ3v) is 9.78. The average Bonchev–Trinajstić information content (AvgIpc) is 3.07. The molecular weight excluding hydrogens is 681 g/mol. The van der Waals surface area contributed by atoms with Gasteiger partial charge in [-0.25, -0.2) is 26.4 Å². The molecule has 0 radical (unpaired) electrons. The van der Waals surface area contributed by atoms with Gasteiger partial charge in [-0.3, -0.25) is 25.2 Å². The Morgan fingerprint density at radius 1 is 0.940 bits per heavy atom. The maximum absolute atomic E-state index is 15.9. The smallest absolute Gasteiger partial charge is 0.408 e. The summed E-state index contributed by atoms with van der Waals surface area (Å²) in [6.07, 6.45) is -1.60. The molecule has 1 aliphatic heterocycles. The maximum Gasteiger partial charge on any atom is 0.408 e. The Balaban J connectivity index is 1.72. The number of hydrogen-bond acceptors (Lipinski definition) is 8. The van der Waals surface area contributed by atoms with Gasteiger partial charge in [-0.1, -0.05) is 30.3 Å². The Hall–Kier alpha value is -5.12. The van der Waals surface area contributed by atoms with Gasteiger partial charge < -0.3 is 19.7 Å². The number of nitrogens with zero attached hydrogens (tertiary/aromatic N) is 1. The number of anilines is 1. The van der Waals surface area contributed by atoms with E-state index in [2.05, 4.69) is 5.32 Å². The van der Waals surface area contributed by atoms with Gasteiger partial charge in [0.2, 0.25) is 5.91 Å². The number of carbonyl (C=O) groups excluding carboxylic acids is 4. The highest BCUT2D eigenvalue weighted by Crippen LogP contribution is 2.44. The summed E-state index contributed by atoms with van der Waals surface area (Å²) < 4.78 is 80.2. The predicted octanol–water partition coefficient (Wildman–Crippen LogP) is 5.12. The summed E-state index contributed by atoms with van der Waals surface area (Å²) in [5, 5.41) is 2.20. The van der Waals surface area contributed by atoms with Gasteiger partial charge in [-0.15, -0.1) is 0 Å². The lowest BCUT2D eigenvalue weighted by Crippen LogP contribution is -2.53. The van der Waals surface area contributed by atoms with Gasteiger partial charge in [-0.2, -0.15) is 0 Å². The molecule has 0 fully saturated rings. The van der Waals surface area contributed by atoms with Crippen molar-refractivity contribution in [1.29, 1.82) is 0 Å². The zero-order chi connectivity index (χ0) is 37.2. The first kappa shape index (κ1) is 37.7. The normalized spacial score (nSPS) is 16.1. The van der Waals surface area contributed by atoms with Crippen LogP contribution >= 0.6 is 0 Å². The Kier molecular flexibility index (Phi) is 10.6. The van der Waals surface area contributed by atoms with Gasteiger partial charge in [0, 0.05) is 18.2 Å². The number of para-hydroxylation sites is 1. The number of halogens is 3. The fraction of sp³-hybridized carbons (Fsp3) is 0.353. The van der Waals surface area contributed by atoms with Gasteiger partial charge in [-0.05, 0) is 76.6 Å². The molecule has 3 N–H and O–H groups in total. The predicted molar refractivity (Wildman–Crippen MR) is 177 cm³/mol. The fourth-order valence-electron chi connectivity index (χ4n) is 4.71. The van der Waals surface area contributed by atoms with Gasteiger partial charge >= 0.3 is 6.09 Å². The molecule has 4 amide bonds. The molecule has 1 atom stereocenters. The zero-order valence-electron chi connectivity index (χ0n) is 28.1. The SMILES string of the molecule is CC(C)(C)OC(=O)NC1CC(F)(F)c2cc(F)c(C(=O)NNC(=O)C(C)(C)S(C)(=O)=O)cc2N(Cc2ccc(Oc3ccccc3)cc2)C1=O. The van der Waals surface area contributed by atoms with Crippen molar-refractivity contribution in [2.24, 2.45) is 0 Å². The van der Waals surface area contributed by atoms with Crippen LogP contribution in [-0.4, -0.2) is 54.9 Å². The number of hydrogen-bond donors (Lipinski definition) is 3. The molecule has 0 saturated heterocycles. The van der Waals surface area contributed by atoms with E-state index in [0.717, 1.165) is 31.1 Å². The molecule has 0 aromatic heterocycles. The number of amides is 4. The summed E-state index contributed by atoms with van der Waals surface area (Å²) in [5.74, 6) is -7.84. The van der Waals surface area contributed by atoms with Crippen LogP contribution in [0.3, 0.4) is 0 Å². The molecule has 3 aromatic rings. The number of fused-ring (bicyclic) bond motifs is 1. The number of carbonyl (C=O) groups is 4.